The van der Waals surface area contributed by atoms with Crippen LogP contribution in [-0.4, -0.2) is 464 Å². The highest BCUT2D eigenvalue weighted by Crippen LogP contribution is 2.42. The van der Waals surface area contributed by atoms with Crippen LogP contribution in [0.2, 0.25) is 0 Å². The van der Waals surface area contributed by atoms with E-state index in [2.05, 4.69) is 10.6 Å². The van der Waals surface area contributed by atoms with Crippen LogP contribution in [0.4, 0.5) is 0 Å². The van der Waals surface area contributed by atoms with Crippen molar-refractivity contribution in [1.82, 2.24) is 10.6 Å². The molecule has 0 saturated carbocycles. The second-order valence-electron chi connectivity index (χ2n) is 26.8. The van der Waals surface area contributed by atoms with Crippen LogP contribution in [0.1, 0.15) is 27.7 Å². The summed E-state index contributed by atoms with van der Waals surface area (Å²) in [5.74, 6) is -2.01. The van der Waals surface area contributed by atoms with E-state index in [0.717, 1.165) is 21.0 Å². The second-order valence-corrected chi connectivity index (χ2v) is 26.8. The Hall–Kier alpha value is -2.74. The number of hydrogen-bond acceptors (Lipinski definition) is 44. The lowest BCUT2D eigenvalue weighted by Gasteiger charge is -2.53. The molecule has 0 bridgehead atoms. The van der Waals surface area contributed by atoms with Crippen LogP contribution in [0.5, 0.6) is 0 Å². The van der Waals surface area contributed by atoms with Crippen molar-refractivity contribution in [3.05, 3.63) is 0 Å². The summed E-state index contributed by atoms with van der Waals surface area (Å²) in [5, 5.41) is 271. The smallest absolute Gasteiger partial charge is 0.217 e. The Labute approximate surface area is 595 Å². The van der Waals surface area contributed by atoms with Gasteiger partial charge in [-0.15, -0.1) is 0 Å². The van der Waals surface area contributed by atoms with Crippen LogP contribution in [0.25, 0.3) is 0 Å². The monoisotopic (exact) mass is 1540 g/mol. The molecule has 0 spiro atoms. The summed E-state index contributed by atoms with van der Waals surface area (Å²) in [6, 6.07) is -4.10. The zero-order valence-corrected chi connectivity index (χ0v) is 56.8. The average molecular weight is 1540 g/mol. The summed E-state index contributed by atoms with van der Waals surface area (Å²) in [6.45, 7) is -3.49. The highest BCUT2D eigenvalue weighted by Gasteiger charge is 2.62. The fraction of sp³-hybridized carbons (Fsp3) is 0.966. The van der Waals surface area contributed by atoms with Crippen LogP contribution >= 0.6 is 0 Å². The molecule has 0 aromatic rings. The van der Waals surface area contributed by atoms with Gasteiger partial charge in [-0.2, -0.15) is 0 Å². The zero-order chi connectivity index (χ0) is 77.2. The van der Waals surface area contributed by atoms with Gasteiger partial charge < -0.3 is 218 Å². The second kappa shape index (κ2) is 37.3. The van der Waals surface area contributed by atoms with E-state index in [1.807, 2.05) is 0 Å². The van der Waals surface area contributed by atoms with Crippen molar-refractivity contribution in [2.24, 2.45) is 0 Å². The van der Waals surface area contributed by atoms with E-state index >= 15 is 0 Å². The predicted molar refractivity (Wildman–Crippen MR) is 322 cm³/mol. The Balaban J connectivity index is 1.11. The number of aliphatic hydroxyl groups excluding tert-OH is 24. The summed E-state index contributed by atoms with van der Waals surface area (Å²) in [5.41, 5.74) is 0. The lowest BCUT2D eigenvalue weighted by atomic mass is 9.93. The maximum Gasteiger partial charge on any atom is 0.217 e. The van der Waals surface area contributed by atoms with E-state index in [0.29, 0.717) is 0 Å². The normalized spacial score (nSPS) is 51.5. The van der Waals surface area contributed by atoms with Gasteiger partial charge in [-0.05, 0) is 13.8 Å². The minimum absolute atomic E-state index is 0.904. The molecule has 0 aromatic heterocycles. The summed E-state index contributed by atoms with van der Waals surface area (Å²) < 4.78 is 108. The molecule has 9 fully saturated rings. The maximum atomic E-state index is 13.6. The van der Waals surface area contributed by atoms with Crippen LogP contribution in [-0.2, 0) is 94.9 Å². The van der Waals surface area contributed by atoms with Crippen LogP contribution in [0.3, 0.4) is 0 Å². The minimum Gasteiger partial charge on any atom is -0.394 e. The molecule has 0 radical (unpaired) electrons. The number of aliphatic hydroxyl groups is 24. The molecule has 9 saturated heterocycles. The van der Waals surface area contributed by atoms with E-state index in [9.17, 15) is 132 Å². The fourth-order valence-corrected chi connectivity index (χ4v) is 13.8. The summed E-state index contributed by atoms with van der Waals surface area (Å²) >= 11 is 0. The summed E-state index contributed by atoms with van der Waals surface area (Å²) in [4.78, 5) is 27.0. The first-order valence-corrected chi connectivity index (χ1v) is 33.8. The lowest BCUT2D eigenvalue weighted by Crippen LogP contribution is -2.72. The number of carbonyl (C=O) groups is 2. The first-order chi connectivity index (χ1) is 49.7. The predicted octanol–water partition coefficient (Wildman–Crippen LogP) is -17.6. The van der Waals surface area contributed by atoms with Crippen molar-refractivity contribution in [3.8, 4) is 0 Å². The standard InChI is InChI=1S/C59H100N2O44/c1-13-26(71)34(79)39(84)54(89-13)103-48-45(88-5)31(76)20(9-65)95-57(48)99-43-24(60-15(3)69)52(92-18(7-63)29(43)74)102-47-33(78)22(11-67)97-59(50(47)104-55-40(85)35(80)27(72)14(2)90-55)100-44-25(61-16(4)70)53(93-19(8-64)30(44)75)101-46-32(77)21(10-66)96-58(98-42-23(12-68)91-51(87)38(83)37(42)82)49(46)105-56-41(86)36(81)28(73)17(6-62)94-56/h13-14,17-59,62-68,71-87H,6-12H2,1-5H3,(H,60,69)(H,61,70)/t13-,14-,17+,18+,19+,20+,21+,22+,23+,24+,25+,26+,27+,28-,29-,30-,31-,32-,33-,34+,35+,36-,37+,38+,39-,40-,41+,42+,43+,44+,45-,46-,47-,48+,49+,50+,51?,52+,53+,54-,55-,56+,57-,58-,59-/m0/s1. The third-order valence-corrected chi connectivity index (χ3v) is 19.7. The number of carbonyl (C=O) groups excluding carboxylic acids is 2. The lowest BCUT2D eigenvalue weighted by molar-refractivity contribution is -0.410. The zero-order valence-electron chi connectivity index (χ0n) is 56.8. The van der Waals surface area contributed by atoms with Gasteiger partial charge in [0.15, 0.2) is 56.6 Å². The highest BCUT2D eigenvalue weighted by atomic mass is 16.8. The minimum atomic E-state index is -2.42. The largest absolute Gasteiger partial charge is 0.394 e. The molecule has 9 aliphatic heterocycles. The molecular formula is C59H100N2O44. The summed E-state index contributed by atoms with van der Waals surface area (Å²) in [6.07, 6.45) is -87.7. The van der Waals surface area contributed by atoms with Crippen LogP contribution in [0.15, 0.2) is 0 Å². The first kappa shape index (κ1) is 86.2. The molecule has 105 heavy (non-hydrogen) atoms. The molecule has 46 nitrogen and oxygen atoms in total. The Kier molecular flexibility index (Phi) is 30.6. The van der Waals surface area contributed by atoms with Gasteiger partial charge in [0.05, 0.1) is 58.5 Å². The fourth-order valence-electron chi connectivity index (χ4n) is 13.8. The third-order valence-electron chi connectivity index (χ3n) is 19.7. The van der Waals surface area contributed by atoms with E-state index in [-0.39, 0.29) is 0 Å². The van der Waals surface area contributed by atoms with Crippen LogP contribution < -0.4 is 10.6 Å². The van der Waals surface area contributed by atoms with Crippen molar-refractivity contribution >= 4 is 11.8 Å². The van der Waals surface area contributed by atoms with Gasteiger partial charge in [-0.3, -0.25) is 9.59 Å². The summed E-state index contributed by atoms with van der Waals surface area (Å²) in [7, 11) is 1.08. The van der Waals surface area contributed by atoms with E-state index in [1.54, 1.807) is 0 Å². The maximum absolute atomic E-state index is 13.6. The molecule has 9 heterocycles. The molecule has 26 N–H and O–H groups in total. The van der Waals surface area contributed by atoms with Crippen molar-refractivity contribution in [1.29, 1.82) is 0 Å². The number of methoxy groups -OCH3 is 1. The first-order valence-electron chi connectivity index (χ1n) is 33.8. The average Bonchev–Trinajstić information content (AvgIpc) is 0.761. The highest BCUT2D eigenvalue weighted by molar-refractivity contribution is 5.73. The SMILES string of the molecule is CO[C@H]1[C@@H](O)[C@@H](CO)O[C@@H](O[C@H]2[C@@H](O)[C@@H](CO)O[C@H](O[C@H]3[C@@H](O)[C@@H](CO)O[C@@H](O[C@H]4[C@@H](O)[C@@H](CO)O[C@H](O[C@H]5[C@@H](O)[C@@H](CO)O[C@@H](O[C@H]6[C@H](O)[C@@H](O)C(O)O[C@@H]6CO)[C@@H]5O[C@H]5O[C@H](CO)[C@H](O)[C@H](O)[C@H]5O)[C@@H]4NC(C)=O)[C@@H]3O[C@@H]3O[C@@H](C)[C@@H](O)[C@@H](O)[C@@H]3O)[C@@H]2NC(C)=O)[C@@H]1O[C@@H]1O[C@@H](C)[C@@H](O)[C@@H](O)[C@@H]1O. The molecule has 9 aliphatic rings. The quantitative estimate of drug-likeness (QED) is 0.0382. The number of amides is 2. The third kappa shape index (κ3) is 18.3. The molecule has 9 rings (SSSR count). The number of rotatable bonds is 26. The molecule has 0 aliphatic carbocycles. The molecular weight excluding hydrogens is 1440 g/mol. The van der Waals surface area contributed by atoms with Crippen molar-refractivity contribution < 1.29 is 217 Å². The van der Waals surface area contributed by atoms with Crippen molar-refractivity contribution in [2.75, 3.05) is 53.4 Å². The van der Waals surface area contributed by atoms with Gasteiger partial charge in [0.1, 0.15) is 207 Å². The Morgan fingerprint density at radius 1 is 0.267 bits per heavy atom. The van der Waals surface area contributed by atoms with Gasteiger partial charge in [0.2, 0.25) is 11.8 Å². The molecule has 610 valence electrons. The number of ether oxygens (including phenoxy) is 18. The van der Waals surface area contributed by atoms with Crippen molar-refractivity contribution in [2.45, 2.75) is 304 Å². The van der Waals surface area contributed by atoms with Gasteiger partial charge in [0, 0.05) is 21.0 Å². The van der Waals surface area contributed by atoms with Gasteiger partial charge >= 0.3 is 0 Å². The Bertz CT molecular complexity index is 2690. The molecule has 1 unspecified atom stereocenters. The van der Waals surface area contributed by atoms with E-state index < -0.39 is 334 Å². The number of nitrogens with one attached hydrogen (secondary N) is 2. The van der Waals surface area contributed by atoms with Crippen LogP contribution in [0, 0.1) is 0 Å². The van der Waals surface area contributed by atoms with Crippen molar-refractivity contribution in [3.63, 3.8) is 0 Å². The van der Waals surface area contributed by atoms with E-state index in [1.165, 1.54) is 13.8 Å². The Morgan fingerprint density at radius 3 is 0.876 bits per heavy atom. The molecule has 0 aromatic carbocycles. The molecule has 45 atom stereocenters. The molecule has 46 heteroatoms. The topological polar surface area (TPSA) is 710 Å². The van der Waals surface area contributed by atoms with Gasteiger partial charge in [0.25, 0.3) is 0 Å². The molecule has 2 amide bonds. The number of hydrogen-bond donors (Lipinski definition) is 26. The Morgan fingerprint density at radius 2 is 0.533 bits per heavy atom. The van der Waals surface area contributed by atoms with E-state index in [4.69, 9.17) is 85.3 Å². The van der Waals surface area contributed by atoms with Gasteiger partial charge in [-0.1, -0.05) is 0 Å². The van der Waals surface area contributed by atoms with Gasteiger partial charge in [-0.25, -0.2) is 0 Å².